The van der Waals surface area contributed by atoms with Crippen LogP contribution < -0.4 is 0 Å². The van der Waals surface area contributed by atoms with Crippen LogP contribution in [-0.4, -0.2) is 28.7 Å². The van der Waals surface area contributed by atoms with Crippen LogP contribution in [0.1, 0.15) is 25.0 Å². The Kier molecular flexibility index (Phi) is 8.61. The van der Waals surface area contributed by atoms with Gasteiger partial charge in [-0.1, -0.05) is 166 Å². The Morgan fingerprint density at radius 1 is 0.292 bits per heavy atom. The quantitative estimate of drug-likeness (QED) is 0.167. The first kappa shape index (κ1) is 40.5. The van der Waals surface area contributed by atoms with Gasteiger partial charge in [0.05, 0.1) is 33.1 Å². The molecule has 0 atom stereocenters. The van der Waals surface area contributed by atoms with Crippen LogP contribution in [0, 0.1) is 0 Å². The van der Waals surface area contributed by atoms with E-state index in [1.807, 2.05) is 36.4 Å². The van der Waals surface area contributed by atoms with Crippen molar-refractivity contribution in [1.82, 2.24) is 28.7 Å². The molecule has 0 fully saturated rings. The molecule has 0 radical (unpaired) electrons. The van der Waals surface area contributed by atoms with Crippen LogP contribution in [0.5, 0.6) is 0 Å². The van der Waals surface area contributed by atoms with Crippen LogP contribution in [-0.2, 0) is 5.41 Å². The number of hydrogen-bond acceptors (Lipinski definition) is 3. The number of benzene rings is 10. The smallest absolute Gasteiger partial charge is 0.238 e. The summed E-state index contributed by atoms with van der Waals surface area (Å²) in [6, 6.07) is 83.2. The summed E-state index contributed by atoms with van der Waals surface area (Å²) >= 11 is 0. The molecule has 72 heavy (non-hydrogen) atoms. The zero-order valence-corrected chi connectivity index (χ0v) is 39.6. The summed E-state index contributed by atoms with van der Waals surface area (Å²) in [4.78, 5) is 15.4. The zero-order chi connectivity index (χ0) is 47.7. The van der Waals surface area contributed by atoms with Gasteiger partial charge in [0.15, 0.2) is 11.6 Å². The summed E-state index contributed by atoms with van der Waals surface area (Å²) in [5.74, 6) is 1.83. The van der Waals surface area contributed by atoms with Gasteiger partial charge in [0.2, 0.25) is 5.95 Å². The van der Waals surface area contributed by atoms with E-state index >= 15 is 0 Å². The minimum absolute atomic E-state index is 0.167. The van der Waals surface area contributed by atoms with Gasteiger partial charge in [-0.25, -0.2) is 4.98 Å². The largest absolute Gasteiger partial charge is 0.309 e. The van der Waals surface area contributed by atoms with E-state index in [1.165, 1.54) is 71.5 Å². The summed E-state index contributed by atoms with van der Waals surface area (Å²) in [7, 11) is 0. The molecule has 0 saturated heterocycles. The van der Waals surface area contributed by atoms with Gasteiger partial charge in [0.1, 0.15) is 0 Å². The van der Waals surface area contributed by atoms with Crippen LogP contribution >= 0.6 is 0 Å². The highest BCUT2D eigenvalue weighted by molar-refractivity contribution is 6.15. The van der Waals surface area contributed by atoms with E-state index in [4.69, 9.17) is 15.0 Å². The molecular weight excluding hydrogens is 877 g/mol. The summed E-state index contributed by atoms with van der Waals surface area (Å²) in [6.45, 7) is 4.74. The van der Waals surface area contributed by atoms with E-state index in [9.17, 15) is 0 Å². The van der Waals surface area contributed by atoms with Gasteiger partial charge in [0.25, 0.3) is 0 Å². The lowest BCUT2D eigenvalue weighted by Crippen LogP contribution is -2.14. The molecule has 1 aliphatic rings. The summed E-state index contributed by atoms with van der Waals surface area (Å²) in [5.41, 5.74) is 18.4. The SMILES string of the molecule is CC1(C)c2ccccc2-c2cc3c4cc(-c5ccc6c(c5)c5ccccc5n6-c5ccccc5)ccc4n(-c4ccc5c(c4)c4ccccc4n5-c4nc(-c5ccccc5)nc(-c5ccccc5)n4)c3cc21. The van der Waals surface area contributed by atoms with Crippen molar-refractivity contribution in [3.63, 3.8) is 0 Å². The van der Waals surface area contributed by atoms with Gasteiger partial charge < -0.3 is 9.13 Å². The Morgan fingerprint density at radius 2 is 0.764 bits per heavy atom. The van der Waals surface area contributed by atoms with Crippen molar-refractivity contribution >= 4 is 65.4 Å². The Morgan fingerprint density at radius 3 is 1.42 bits per heavy atom. The first-order valence-electron chi connectivity index (χ1n) is 24.7. The number of aromatic nitrogens is 6. The maximum Gasteiger partial charge on any atom is 0.238 e. The molecule has 0 bridgehead atoms. The second kappa shape index (κ2) is 15.3. The fourth-order valence-electron chi connectivity index (χ4n) is 11.9. The van der Waals surface area contributed by atoms with Gasteiger partial charge in [-0.15, -0.1) is 0 Å². The summed E-state index contributed by atoms with van der Waals surface area (Å²) in [6.07, 6.45) is 0. The van der Waals surface area contributed by atoms with Crippen molar-refractivity contribution in [1.29, 1.82) is 0 Å². The van der Waals surface area contributed by atoms with Crippen LogP contribution in [0.15, 0.2) is 231 Å². The lowest BCUT2D eigenvalue weighted by Gasteiger charge is -2.21. The molecule has 0 saturated carbocycles. The molecule has 15 rings (SSSR count). The minimum atomic E-state index is -0.167. The van der Waals surface area contributed by atoms with E-state index in [0.717, 1.165) is 49.8 Å². The maximum atomic E-state index is 5.20. The van der Waals surface area contributed by atoms with Crippen LogP contribution in [0.3, 0.4) is 0 Å². The lowest BCUT2D eigenvalue weighted by atomic mass is 9.82. The van der Waals surface area contributed by atoms with E-state index in [1.54, 1.807) is 0 Å². The Bertz CT molecular complexity index is 4460. The minimum Gasteiger partial charge on any atom is -0.309 e. The highest BCUT2D eigenvalue weighted by Crippen LogP contribution is 2.51. The topological polar surface area (TPSA) is 53.5 Å². The van der Waals surface area contributed by atoms with E-state index in [0.29, 0.717) is 17.6 Å². The third kappa shape index (κ3) is 5.93. The molecule has 1 aliphatic carbocycles. The third-order valence-corrected chi connectivity index (χ3v) is 15.3. The van der Waals surface area contributed by atoms with Crippen molar-refractivity contribution in [2.24, 2.45) is 0 Å². The zero-order valence-electron chi connectivity index (χ0n) is 39.6. The molecule has 0 spiro atoms. The van der Waals surface area contributed by atoms with Gasteiger partial charge in [0, 0.05) is 60.2 Å². The second-order valence-electron chi connectivity index (χ2n) is 19.6. The van der Waals surface area contributed by atoms with Crippen LogP contribution in [0.25, 0.3) is 128 Å². The number of nitrogens with zero attached hydrogens (tertiary/aromatic N) is 6. The monoisotopic (exact) mass is 920 g/mol. The predicted molar refractivity (Wildman–Crippen MR) is 297 cm³/mol. The van der Waals surface area contributed by atoms with Crippen LogP contribution in [0.4, 0.5) is 0 Å². The molecule has 0 amide bonds. The van der Waals surface area contributed by atoms with Crippen molar-refractivity contribution in [2.45, 2.75) is 19.3 Å². The second-order valence-corrected chi connectivity index (χ2v) is 19.6. The molecule has 6 heteroatoms. The molecule has 14 aromatic rings. The van der Waals surface area contributed by atoms with E-state index in [2.05, 4.69) is 222 Å². The number of fused-ring (bicyclic) bond motifs is 12. The average molecular weight is 921 g/mol. The first-order valence-corrected chi connectivity index (χ1v) is 24.7. The summed E-state index contributed by atoms with van der Waals surface area (Å²) < 4.78 is 7.07. The average Bonchev–Trinajstić information content (AvgIpc) is 4.13. The number of rotatable bonds is 6. The van der Waals surface area contributed by atoms with Gasteiger partial charge in [-0.3, -0.25) is 4.57 Å². The molecule has 4 heterocycles. The molecule has 0 N–H and O–H groups in total. The van der Waals surface area contributed by atoms with Crippen molar-refractivity contribution in [3.8, 4) is 62.4 Å². The van der Waals surface area contributed by atoms with Gasteiger partial charge >= 0.3 is 0 Å². The standard InChI is InChI=1S/C66H44N6/c1-66(2)55-27-15-12-24-47(55)50-39-54-52-37-44(43-30-33-59-51(36-43)48-25-13-16-28-57(48)70(59)45-22-10-5-11-23-45)31-34-60(52)71(62(54)40-56(50)66)46-32-35-61-53(38-46)49-26-14-17-29-58(49)72(61)65-68-63(41-18-6-3-7-19-41)67-64(69-65)42-20-8-4-9-21-42/h3-40H,1-2H3. The first-order chi connectivity index (χ1) is 35.5. The van der Waals surface area contributed by atoms with Gasteiger partial charge in [-0.05, 0) is 112 Å². The van der Waals surface area contributed by atoms with E-state index in [-0.39, 0.29) is 5.41 Å². The van der Waals surface area contributed by atoms with Gasteiger partial charge in [-0.2, -0.15) is 9.97 Å². The Hall–Kier alpha value is -9.39. The molecule has 338 valence electrons. The molecule has 0 aliphatic heterocycles. The van der Waals surface area contributed by atoms with Crippen molar-refractivity contribution in [3.05, 3.63) is 242 Å². The molecule has 4 aromatic heterocycles. The normalized spacial score (nSPS) is 13.0. The maximum absolute atomic E-state index is 5.20. The summed E-state index contributed by atoms with van der Waals surface area (Å²) in [5, 5.41) is 7.18. The number of para-hydroxylation sites is 3. The lowest BCUT2D eigenvalue weighted by molar-refractivity contribution is 0.661. The predicted octanol–water partition coefficient (Wildman–Crippen LogP) is 16.5. The molecule has 10 aromatic carbocycles. The Labute approximate surface area is 415 Å². The number of hydrogen-bond donors (Lipinski definition) is 0. The van der Waals surface area contributed by atoms with Crippen molar-refractivity contribution in [2.75, 3.05) is 0 Å². The molecule has 6 nitrogen and oxygen atoms in total. The fraction of sp³-hybridized carbons (Fsp3) is 0.0455. The highest BCUT2D eigenvalue weighted by Gasteiger charge is 2.36. The molecule has 0 unspecified atom stereocenters. The third-order valence-electron chi connectivity index (χ3n) is 15.3. The fourth-order valence-corrected chi connectivity index (χ4v) is 11.9. The highest BCUT2D eigenvalue weighted by atomic mass is 15.2. The Balaban J connectivity index is 0.953. The van der Waals surface area contributed by atoms with E-state index < -0.39 is 0 Å². The van der Waals surface area contributed by atoms with Crippen LogP contribution in [0.2, 0.25) is 0 Å². The van der Waals surface area contributed by atoms with Crippen molar-refractivity contribution < 1.29 is 0 Å². The molecular formula is C66H44N6.